The molecule has 1 unspecified atom stereocenters. The van der Waals surface area contributed by atoms with Crippen molar-refractivity contribution in [3.63, 3.8) is 0 Å². The first-order valence-electron chi connectivity index (χ1n) is 8.54. The molecule has 0 spiro atoms. The van der Waals surface area contributed by atoms with Gasteiger partial charge in [-0.1, -0.05) is 31.2 Å². The Hall–Kier alpha value is -1.94. The fourth-order valence-electron chi connectivity index (χ4n) is 3.45. The zero-order valence-electron chi connectivity index (χ0n) is 13.7. The molecule has 1 aromatic heterocycles. The summed E-state index contributed by atoms with van der Waals surface area (Å²) in [6.07, 6.45) is 4.78. The predicted octanol–water partition coefficient (Wildman–Crippen LogP) is 2.88. The van der Waals surface area contributed by atoms with Crippen molar-refractivity contribution in [3.05, 3.63) is 42.1 Å². The normalized spacial score (nSPS) is 17.1. The van der Waals surface area contributed by atoms with Crippen LogP contribution < -0.4 is 10.6 Å². The molecule has 23 heavy (non-hydrogen) atoms. The average molecular weight is 311 g/mol. The van der Waals surface area contributed by atoms with E-state index in [2.05, 4.69) is 22.5 Å². The van der Waals surface area contributed by atoms with Crippen molar-refractivity contribution in [2.45, 2.75) is 32.7 Å². The summed E-state index contributed by atoms with van der Waals surface area (Å²) in [4.78, 5) is 16.7. The minimum atomic E-state index is 0.143. The number of carbonyl (C=O) groups excluding carboxylic acids is 1. The summed E-state index contributed by atoms with van der Waals surface area (Å²) in [6.45, 7) is 4.91. The third-order valence-electron chi connectivity index (χ3n) is 4.89. The van der Waals surface area contributed by atoms with Gasteiger partial charge in [-0.2, -0.15) is 0 Å². The highest BCUT2D eigenvalue weighted by atomic mass is 16.1. The summed E-state index contributed by atoms with van der Waals surface area (Å²) in [5.74, 6) is 1.26. The largest absolute Gasteiger partial charge is 0.352 e. The topological polar surface area (TPSA) is 54.0 Å². The zero-order chi connectivity index (χ0) is 16.1. The molecule has 1 aliphatic heterocycles. The van der Waals surface area contributed by atoms with Crippen molar-refractivity contribution in [1.29, 1.82) is 0 Å². The molecule has 0 aliphatic carbocycles. The Morgan fingerprint density at radius 3 is 2.91 bits per heavy atom. The van der Waals surface area contributed by atoms with Crippen LogP contribution in [0, 0.1) is 11.8 Å². The SMILES string of the molecule is CC(CC(=O)NCc1cccc2cccnc12)C1CCNCC1. The Kier molecular flexibility index (Phi) is 5.23. The number of amides is 1. The zero-order valence-corrected chi connectivity index (χ0v) is 13.7. The van der Waals surface area contributed by atoms with E-state index in [1.165, 1.54) is 12.8 Å². The van der Waals surface area contributed by atoms with E-state index in [9.17, 15) is 4.79 Å². The van der Waals surface area contributed by atoms with E-state index in [4.69, 9.17) is 0 Å². The van der Waals surface area contributed by atoms with Crippen LogP contribution in [-0.2, 0) is 11.3 Å². The molecule has 0 bridgehead atoms. The van der Waals surface area contributed by atoms with Crippen LogP contribution in [0.5, 0.6) is 0 Å². The lowest BCUT2D eigenvalue weighted by Crippen LogP contribution is -2.33. The highest BCUT2D eigenvalue weighted by Gasteiger charge is 2.21. The van der Waals surface area contributed by atoms with Gasteiger partial charge in [0.25, 0.3) is 0 Å². The number of nitrogens with zero attached hydrogens (tertiary/aromatic N) is 1. The number of hydrogen-bond acceptors (Lipinski definition) is 3. The van der Waals surface area contributed by atoms with Crippen molar-refractivity contribution in [1.82, 2.24) is 15.6 Å². The van der Waals surface area contributed by atoms with Crippen molar-refractivity contribution >= 4 is 16.8 Å². The van der Waals surface area contributed by atoms with E-state index < -0.39 is 0 Å². The first-order chi connectivity index (χ1) is 11.2. The lowest BCUT2D eigenvalue weighted by Gasteiger charge is -2.27. The molecule has 4 nitrogen and oxygen atoms in total. The summed E-state index contributed by atoms with van der Waals surface area (Å²) in [6, 6.07) is 10.1. The first kappa shape index (κ1) is 15.9. The maximum Gasteiger partial charge on any atom is 0.220 e. The number of benzene rings is 1. The molecule has 2 N–H and O–H groups in total. The summed E-state index contributed by atoms with van der Waals surface area (Å²) >= 11 is 0. The lowest BCUT2D eigenvalue weighted by atomic mass is 9.84. The minimum absolute atomic E-state index is 0.143. The van der Waals surface area contributed by atoms with Crippen LogP contribution in [0.15, 0.2) is 36.5 Å². The Balaban J connectivity index is 1.55. The number of para-hydroxylation sites is 1. The second-order valence-electron chi connectivity index (χ2n) is 6.54. The van der Waals surface area contributed by atoms with Gasteiger partial charge in [0.1, 0.15) is 0 Å². The number of pyridine rings is 1. The highest BCUT2D eigenvalue weighted by molar-refractivity contribution is 5.82. The molecule has 0 radical (unpaired) electrons. The summed E-state index contributed by atoms with van der Waals surface area (Å²) in [7, 11) is 0. The molecular formula is C19H25N3O. The van der Waals surface area contributed by atoms with Gasteiger partial charge in [-0.3, -0.25) is 9.78 Å². The van der Waals surface area contributed by atoms with Crippen LogP contribution in [0.3, 0.4) is 0 Å². The van der Waals surface area contributed by atoms with Crippen LogP contribution in [0.25, 0.3) is 10.9 Å². The molecule has 4 heteroatoms. The number of nitrogens with one attached hydrogen (secondary N) is 2. The number of fused-ring (bicyclic) bond motifs is 1. The first-order valence-corrected chi connectivity index (χ1v) is 8.54. The smallest absolute Gasteiger partial charge is 0.220 e. The monoisotopic (exact) mass is 311 g/mol. The van der Waals surface area contributed by atoms with Crippen LogP contribution in [0.2, 0.25) is 0 Å². The van der Waals surface area contributed by atoms with Crippen LogP contribution in [0.1, 0.15) is 31.7 Å². The van der Waals surface area contributed by atoms with Crippen molar-refractivity contribution in [2.75, 3.05) is 13.1 Å². The molecule has 3 rings (SSSR count). The molecule has 122 valence electrons. The fraction of sp³-hybridized carbons (Fsp3) is 0.474. The van der Waals surface area contributed by atoms with Gasteiger partial charge in [0, 0.05) is 24.5 Å². The van der Waals surface area contributed by atoms with Gasteiger partial charge >= 0.3 is 0 Å². The van der Waals surface area contributed by atoms with Gasteiger partial charge in [0.2, 0.25) is 5.91 Å². The van der Waals surface area contributed by atoms with Gasteiger partial charge in [0.05, 0.1) is 5.52 Å². The standard InChI is InChI=1S/C19H25N3O/c1-14(15-7-10-20-11-8-15)12-18(23)22-13-17-5-2-4-16-6-3-9-21-19(16)17/h2-6,9,14-15,20H,7-8,10-13H2,1H3,(H,22,23). The van der Waals surface area contributed by atoms with Gasteiger partial charge in [-0.25, -0.2) is 0 Å². The maximum atomic E-state index is 12.3. The third kappa shape index (κ3) is 4.08. The molecule has 1 aromatic carbocycles. The Morgan fingerprint density at radius 1 is 1.30 bits per heavy atom. The predicted molar refractivity (Wildman–Crippen MR) is 93.0 cm³/mol. The third-order valence-corrected chi connectivity index (χ3v) is 4.89. The second kappa shape index (κ2) is 7.55. The summed E-state index contributed by atoms with van der Waals surface area (Å²) in [5.41, 5.74) is 2.05. The summed E-state index contributed by atoms with van der Waals surface area (Å²) < 4.78 is 0. The van der Waals surface area contributed by atoms with Crippen molar-refractivity contribution in [3.8, 4) is 0 Å². The molecule has 0 saturated carbocycles. The molecule has 1 atom stereocenters. The van der Waals surface area contributed by atoms with E-state index in [1.54, 1.807) is 6.20 Å². The van der Waals surface area contributed by atoms with Gasteiger partial charge < -0.3 is 10.6 Å². The lowest BCUT2D eigenvalue weighted by molar-refractivity contribution is -0.122. The second-order valence-corrected chi connectivity index (χ2v) is 6.54. The van der Waals surface area contributed by atoms with Gasteiger partial charge in [-0.05, 0) is 49.4 Å². The molecule has 2 aromatic rings. The molecule has 1 aliphatic rings. The van der Waals surface area contributed by atoms with Crippen molar-refractivity contribution in [2.24, 2.45) is 11.8 Å². The van der Waals surface area contributed by atoms with E-state index in [0.29, 0.717) is 24.8 Å². The number of hydrogen-bond donors (Lipinski definition) is 2. The van der Waals surface area contributed by atoms with E-state index >= 15 is 0 Å². The molecule has 1 fully saturated rings. The molecule has 1 amide bonds. The van der Waals surface area contributed by atoms with Crippen LogP contribution in [0.4, 0.5) is 0 Å². The fourth-order valence-corrected chi connectivity index (χ4v) is 3.45. The Morgan fingerprint density at radius 2 is 2.09 bits per heavy atom. The maximum absolute atomic E-state index is 12.3. The minimum Gasteiger partial charge on any atom is -0.352 e. The van der Waals surface area contributed by atoms with Crippen molar-refractivity contribution < 1.29 is 4.79 Å². The number of piperidine rings is 1. The van der Waals surface area contributed by atoms with Gasteiger partial charge in [0.15, 0.2) is 0 Å². The Labute approximate surface area is 137 Å². The molecule has 2 heterocycles. The average Bonchev–Trinajstić information content (AvgIpc) is 2.60. The van der Waals surface area contributed by atoms with E-state index in [1.807, 2.05) is 30.3 Å². The quantitative estimate of drug-likeness (QED) is 0.893. The highest BCUT2D eigenvalue weighted by Crippen LogP contribution is 2.24. The number of aromatic nitrogens is 1. The van der Waals surface area contributed by atoms with E-state index in [-0.39, 0.29) is 5.91 Å². The van der Waals surface area contributed by atoms with Crippen LogP contribution >= 0.6 is 0 Å². The van der Waals surface area contributed by atoms with Crippen LogP contribution in [-0.4, -0.2) is 24.0 Å². The van der Waals surface area contributed by atoms with Gasteiger partial charge in [-0.15, -0.1) is 0 Å². The number of carbonyl (C=O) groups is 1. The molecule has 1 saturated heterocycles. The Bertz CT molecular complexity index is 659. The summed E-state index contributed by atoms with van der Waals surface area (Å²) in [5, 5.41) is 7.56. The molecular weight excluding hydrogens is 286 g/mol. The number of rotatable bonds is 5. The van der Waals surface area contributed by atoms with E-state index in [0.717, 1.165) is 29.6 Å².